The van der Waals surface area contributed by atoms with Crippen LogP contribution in [0.1, 0.15) is 43.5 Å². The molecule has 3 rings (SSSR count). The first-order valence-corrected chi connectivity index (χ1v) is 9.13. The molecule has 0 radical (unpaired) electrons. The van der Waals surface area contributed by atoms with Gasteiger partial charge in [-0.05, 0) is 57.4 Å². The van der Waals surface area contributed by atoms with Gasteiger partial charge in [-0.1, -0.05) is 0 Å². The van der Waals surface area contributed by atoms with Crippen molar-refractivity contribution in [2.24, 2.45) is 0 Å². The topological polar surface area (TPSA) is 70.7 Å². The molecule has 6 heteroatoms. The number of hydrogen-bond acceptors (Lipinski definition) is 4. The van der Waals surface area contributed by atoms with E-state index in [0.717, 1.165) is 19.4 Å². The molecule has 0 bridgehead atoms. The molecule has 0 saturated carbocycles. The third kappa shape index (κ3) is 4.19. The molecule has 2 amide bonds. The summed E-state index contributed by atoms with van der Waals surface area (Å²) in [4.78, 5) is 27.0. The lowest BCUT2D eigenvalue weighted by Gasteiger charge is -2.33. The van der Waals surface area contributed by atoms with E-state index < -0.39 is 0 Å². The van der Waals surface area contributed by atoms with Crippen molar-refractivity contribution >= 4 is 17.5 Å². The highest BCUT2D eigenvalue weighted by molar-refractivity contribution is 5.97. The molecule has 2 aliphatic rings. The van der Waals surface area contributed by atoms with Crippen molar-refractivity contribution in [1.29, 1.82) is 0 Å². The van der Waals surface area contributed by atoms with E-state index in [1.807, 2.05) is 11.8 Å². The minimum Gasteiger partial charge on any atom is -0.375 e. The Balaban J connectivity index is 1.61. The molecule has 1 aromatic rings. The van der Waals surface area contributed by atoms with E-state index in [2.05, 4.69) is 17.6 Å². The molecule has 2 fully saturated rings. The van der Waals surface area contributed by atoms with Crippen LogP contribution in [0.2, 0.25) is 0 Å². The highest BCUT2D eigenvalue weighted by Crippen LogP contribution is 2.20. The molecule has 2 aliphatic heterocycles. The highest BCUT2D eigenvalue weighted by Gasteiger charge is 2.28. The van der Waals surface area contributed by atoms with Crippen LogP contribution in [0, 0.1) is 0 Å². The first-order chi connectivity index (χ1) is 12.1. The van der Waals surface area contributed by atoms with Gasteiger partial charge in [0.05, 0.1) is 12.7 Å². The van der Waals surface area contributed by atoms with Gasteiger partial charge >= 0.3 is 0 Å². The first kappa shape index (κ1) is 17.9. The fourth-order valence-electron chi connectivity index (χ4n) is 3.51. The van der Waals surface area contributed by atoms with Gasteiger partial charge in [0.25, 0.3) is 5.91 Å². The summed E-state index contributed by atoms with van der Waals surface area (Å²) < 4.78 is 5.50. The average molecular weight is 345 g/mol. The van der Waals surface area contributed by atoms with Crippen molar-refractivity contribution in [3.8, 4) is 0 Å². The third-order valence-electron chi connectivity index (χ3n) is 5.06. The molecule has 0 aromatic heterocycles. The van der Waals surface area contributed by atoms with E-state index in [1.165, 1.54) is 6.42 Å². The van der Waals surface area contributed by atoms with E-state index in [-0.39, 0.29) is 24.0 Å². The quantitative estimate of drug-likeness (QED) is 0.879. The number of hydrogen-bond donors (Lipinski definition) is 2. The maximum atomic E-state index is 12.6. The molecule has 0 aliphatic carbocycles. The summed E-state index contributed by atoms with van der Waals surface area (Å²) in [6.45, 7) is 6.11. The van der Waals surface area contributed by atoms with Crippen LogP contribution in [-0.2, 0) is 9.53 Å². The summed E-state index contributed by atoms with van der Waals surface area (Å²) in [6, 6.07) is 7.08. The second-order valence-electron chi connectivity index (χ2n) is 6.92. The van der Waals surface area contributed by atoms with E-state index in [1.54, 1.807) is 24.3 Å². The van der Waals surface area contributed by atoms with Crippen LogP contribution in [0.4, 0.5) is 5.69 Å². The lowest BCUT2D eigenvalue weighted by molar-refractivity contribution is -0.123. The average Bonchev–Trinajstić information content (AvgIpc) is 2.62. The van der Waals surface area contributed by atoms with E-state index >= 15 is 0 Å². The number of ether oxygens (including phenoxy) is 1. The standard InChI is InChI=1S/C19H27N3O3/c1-13-5-3-4-11-22(13)19(24)15-6-8-16(9-7-15)21-18(23)17-14(2)25-12-10-20-17/h6-9,13-14,17,20H,3-5,10-12H2,1-2H3,(H,21,23)/t13?,14-,17+/m1/s1. The van der Waals surface area contributed by atoms with Gasteiger partial charge < -0.3 is 20.3 Å². The predicted octanol–water partition coefficient (Wildman–Crippen LogP) is 2.02. The molecule has 25 heavy (non-hydrogen) atoms. The molecule has 3 atom stereocenters. The van der Waals surface area contributed by atoms with Gasteiger partial charge in [-0.3, -0.25) is 9.59 Å². The summed E-state index contributed by atoms with van der Waals surface area (Å²) >= 11 is 0. The Morgan fingerprint density at radius 1 is 1.20 bits per heavy atom. The van der Waals surface area contributed by atoms with Crippen molar-refractivity contribution in [3.63, 3.8) is 0 Å². The van der Waals surface area contributed by atoms with Crippen molar-refractivity contribution in [3.05, 3.63) is 29.8 Å². The fraction of sp³-hybridized carbons (Fsp3) is 0.579. The molecule has 1 unspecified atom stereocenters. The van der Waals surface area contributed by atoms with Crippen LogP contribution in [0.15, 0.2) is 24.3 Å². The van der Waals surface area contributed by atoms with Crippen LogP contribution < -0.4 is 10.6 Å². The van der Waals surface area contributed by atoms with Crippen LogP contribution in [0.5, 0.6) is 0 Å². The molecule has 0 spiro atoms. The molecule has 2 saturated heterocycles. The number of morpholine rings is 1. The minimum atomic E-state index is -0.357. The molecular formula is C19H27N3O3. The Morgan fingerprint density at radius 3 is 2.64 bits per heavy atom. The Kier molecular flexibility index (Phi) is 5.71. The summed E-state index contributed by atoms with van der Waals surface area (Å²) in [5.74, 6) is -0.0445. The molecule has 6 nitrogen and oxygen atoms in total. The van der Waals surface area contributed by atoms with E-state index in [4.69, 9.17) is 4.74 Å². The minimum absolute atomic E-state index is 0.0704. The number of carbonyl (C=O) groups is 2. The van der Waals surface area contributed by atoms with Gasteiger partial charge in [-0.2, -0.15) is 0 Å². The van der Waals surface area contributed by atoms with Crippen molar-refractivity contribution in [2.45, 2.75) is 51.3 Å². The Hall–Kier alpha value is -1.92. The lowest BCUT2D eigenvalue weighted by atomic mass is 10.0. The molecular weight excluding hydrogens is 318 g/mol. The van der Waals surface area contributed by atoms with Crippen molar-refractivity contribution in [1.82, 2.24) is 10.2 Å². The number of carbonyl (C=O) groups excluding carboxylic acids is 2. The third-order valence-corrected chi connectivity index (χ3v) is 5.06. The second kappa shape index (κ2) is 7.97. The number of anilines is 1. The first-order valence-electron chi connectivity index (χ1n) is 9.13. The number of nitrogens with one attached hydrogen (secondary N) is 2. The number of piperidine rings is 1. The number of likely N-dealkylation sites (tertiary alicyclic amines) is 1. The Bertz CT molecular complexity index is 617. The van der Waals surface area contributed by atoms with Crippen molar-refractivity contribution < 1.29 is 14.3 Å². The smallest absolute Gasteiger partial charge is 0.254 e. The number of benzene rings is 1. The van der Waals surface area contributed by atoms with Crippen LogP contribution in [0.3, 0.4) is 0 Å². The molecule has 136 valence electrons. The van der Waals surface area contributed by atoms with Crippen molar-refractivity contribution in [2.75, 3.05) is 25.0 Å². The zero-order valence-electron chi connectivity index (χ0n) is 15.0. The summed E-state index contributed by atoms with van der Waals surface area (Å²) in [6.07, 6.45) is 3.16. The van der Waals surface area contributed by atoms with E-state index in [9.17, 15) is 9.59 Å². The maximum absolute atomic E-state index is 12.6. The largest absolute Gasteiger partial charge is 0.375 e. The number of rotatable bonds is 3. The molecule has 2 N–H and O–H groups in total. The fourth-order valence-corrected chi connectivity index (χ4v) is 3.51. The SMILES string of the molecule is CC1CCCCN1C(=O)c1ccc(NC(=O)[C@H]2NCCO[C@@H]2C)cc1. The van der Waals surface area contributed by atoms with Gasteiger partial charge in [0.2, 0.25) is 5.91 Å². The Labute approximate surface area is 148 Å². The summed E-state index contributed by atoms with van der Waals surface area (Å²) in [5, 5.41) is 6.06. The van der Waals surface area contributed by atoms with Gasteiger partial charge in [-0.15, -0.1) is 0 Å². The number of amides is 2. The zero-order chi connectivity index (χ0) is 17.8. The van der Waals surface area contributed by atoms with Gasteiger partial charge in [0.15, 0.2) is 0 Å². The van der Waals surface area contributed by atoms with Gasteiger partial charge in [0, 0.05) is 30.4 Å². The maximum Gasteiger partial charge on any atom is 0.254 e. The van der Waals surface area contributed by atoms with Gasteiger partial charge in [0.1, 0.15) is 6.04 Å². The Morgan fingerprint density at radius 2 is 1.96 bits per heavy atom. The monoisotopic (exact) mass is 345 g/mol. The predicted molar refractivity (Wildman–Crippen MR) is 96.6 cm³/mol. The molecule has 2 heterocycles. The molecule has 1 aromatic carbocycles. The zero-order valence-corrected chi connectivity index (χ0v) is 15.0. The van der Waals surface area contributed by atoms with Crippen LogP contribution >= 0.6 is 0 Å². The van der Waals surface area contributed by atoms with Gasteiger partial charge in [-0.25, -0.2) is 0 Å². The second-order valence-corrected chi connectivity index (χ2v) is 6.92. The van der Waals surface area contributed by atoms with Crippen LogP contribution in [-0.4, -0.2) is 54.6 Å². The lowest BCUT2D eigenvalue weighted by Crippen LogP contribution is -2.53. The summed E-state index contributed by atoms with van der Waals surface area (Å²) in [7, 11) is 0. The van der Waals surface area contributed by atoms with Crippen LogP contribution in [0.25, 0.3) is 0 Å². The van der Waals surface area contributed by atoms with E-state index in [0.29, 0.717) is 30.4 Å². The highest BCUT2D eigenvalue weighted by atomic mass is 16.5. The number of nitrogens with zero attached hydrogens (tertiary/aromatic N) is 1. The summed E-state index contributed by atoms with van der Waals surface area (Å²) in [5.41, 5.74) is 1.35. The normalized spacial score (nSPS) is 27.0.